The number of nitrogens with zero attached hydrogens (tertiary/aromatic N) is 5. The molecule has 2 unspecified atom stereocenters. The van der Waals surface area contributed by atoms with Crippen LogP contribution in [0.25, 0.3) is 0 Å². The highest BCUT2D eigenvalue weighted by atomic mass is 32.2. The number of para-hydroxylation sites is 2. The van der Waals surface area contributed by atoms with E-state index in [0.29, 0.717) is 60.2 Å². The molecule has 0 saturated carbocycles. The summed E-state index contributed by atoms with van der Waals surface area (Å²) in [6, 6.07) is 35.8. The smallest absolute Gasteiger partial charge is 0.254 e. The molecule has 298 valence electrons. The molecule has 2 fully saturated rings. The van der Waals surface area contributed by atoms with Crippen LogP contribution in [-0.2, 0) is 22.0 Å². The summed E-state index contributed by atoms with van der Waals surface area (Å²) >= 11 is 0. The van der Waals surface area contributed by atoms with Crippen LogP contribution in [0.4, 0.5) is 21.6 Å². The lowest BCUT2D eigenvalue weighted by Crippen LogP contribution is -2.49. The molecule has 2 amide bonds. The third-order valence-electron chi connectivity index (χ3n) is 9.87. The second kappa shape index (κ2) is 18.9. The number of allylic oxidation sites excluding steroid dienone is 3. The predicted octanol–water partition coefficient (Wildman–Crippen LogP) is 6.42. The van der Waals surface area contributed by atoms with Gasteiger partial charge >= 0.3 is 0 Å². The van der Waals surface area contributed by atoms with Crippen LogP contribution in [0.3, 0.4) is 0 Å². The Balaban J connectivity index is 0.000000177. The van der Waals surface area contributed by atoms with Crippen molar-refractivity contribution in [3.63, 3.8) is 0 Å². The minimum absolute atomic E-state index is 0.00911. The normalized spacial score (nSPS) is 16.1. The molecule has 3 heterocycles. The van der Waals surface area contributed by atoms with Gasteiger partial charge < -0.3 is 24.3 Å². The van der Waals surface area contributed by atoms with Crippen molar-refractivity contribution in [2.45, 2.75) is 16.7 Å². The lowest BCUT2D eigenvalue weighted by Gasteiger charge is -2.36. The number of aromatic nitrogens is 1. The van der Waals surface area contributed by atoms with Crippen LogP contribution in [0.5, 0.6) is 0 Å². The molecule has 8 rings (SSSR count). The Kier molecular flexibility index (Phi) is 13.1. The summed E-state index contributed by atoms with van der Waals surface area (Å²) in [5.74, 6) is 0.302. The second-order valence-corrected chi connectivity index (χ2v) is 16.3. The molecule has 11 nitrogen and oxygen atoms in total. The Morgan fingerprint density at radius 2 is 1.14 bits per heavy atom. The summed E-state index contributed by atoms with van der Waals surface area (Å²) in [7, 11) is -3.07. The van der Waals surface area contributed by atoms with Crippen LogP contribution >= 0.6 is 0 Å². The average Bonchev–Trinajstić information content (AvgIpc) is 3.27. The molecule has 0 radical (unpaired) electrons. The van der Waals surface area contributed by atoms with Crippen LogP contribution < -0.4 is 19.2 Å². The SMILES string of the molecule is CC1=CC(NS(=O)c2cccc(C(=O)N3CCN(c4ccccc4)CC3)c2)=C1.O=C(c1cccc(S(=O)Nc2ccccc2F)c1)N1CCN(c2ccccn2)CC1. The number of halogens is 1. The fraction of sp³-hybridized carbons (Fsp3) is 0.205. The van der Waals surface area contributed by atoms with Crippen molar-refractivity contribution in [2.75, 3.05) is 66.9 Å². The molecule has 14 heteroatoms. The van der Waals surface area contributed by atoms with E-state index in [0.717, 1.165) is 30.2 Å². The highest BCUT2D eigenvalue weighted by molar-refractivity contribution is 7.86. The van der Waals surface area contributed by atoms with Crippen molar-refractivity contribution in [2.24, 2.45) is 0 Å². The molecule has 3 aliphatic rings. The number of rotatable bonds is 10. The number of amides is 2. The first-order valence-corrected chi connectivity index (χ1v) is 21.3. The van der Waals surface area contributed by atoms with Gasteiger partial charge in [0, 0.05) is 81.1 Å². The Morgan fingerprint density at radius 1 is 0.603 bits per heavy atom. The fourth-order valence-electron chi connectivity index (χ4n) is 6.75. The number of hydrogen-bond acceptors (Lipinski definition) is 7. The van der Waals surface area contributed by atoms with Gasteiger partial charge in [-0.2, -0.15) is 0 Å². The standard InChI is InChI=1S/C22H21FN4O2S.C22H23N3O2S/c23-19-8-1-2-9-20(19)25-30(29)18-7-5-6-17(16-18)22(28)27-14-12-26(13-15-27)21-10-3-4-11-24-21;1-17-14-19(15-17)23-28(27)21-9-5-6-18(16-21)22(26)25-12-10-24(11-13-25)20-7-3-2-4-8-20/h1-11,16,25H,12-15H2;2-9,14-16,23H,10-13H2,1H3. The first-order valence-electron chi connectivity index (χ1n) is 19.0. The van der Waals surface area contributed by atoms with E-state index in [1.807, 2.05) is 60.4 Å². The van der Waals surface area contributed by atoms with Crippen molar-refractivity contribution < 1.29 is 22.4 Å². The van der Waals surface area contributed by atoms with Gasteiger partial charge in [-0.15, -0.1) is 0 Å². The molecule has 4 aromatic carbocycles. The maximum atomic E-state index is 13.8. The summed E-state index contributed by atoms with van der Waals surface area (Å²) in [5, 5.41) is 0. The second-order valence-electron chi connectivity index (χ2n) is 13.8. The van der Waals surface area contributed by atoms with Crippen LogP contribution in [0.15, 0.2) is 161 Å². The van der Waals surface area contributed by atoms with E-state index in [-0.39, 0.29) is 17.5 Å². The van der Waals surface area contributed by atoms with Crippen molar-refractivity contribution in [1.29, 1.82) is 0 Å². The zero-order chi connectivity index (χ0) is 40.4. The molecule has 1 aliphatic carbocycles. The Morgan fingerprint density at radius 3 is 1.69 bits per heavy atom. The molecule has 1 aromatic heterocycles. The molecule has 5 aromatic rings. The molecule has 58 heavy (non-hydrogen) atoms. The molecule has 2 aliphatic heterocycles. The predicted molar refractivity (Wildman–Crippen MR) is 228 cm³/mol. The molecule has 2 saturated heterocycles. The summed E-state index contributed by atoms with van der Waals surface area (Å²) in [4.78, 5) is 39.3. The van der Waals surface area contributed by atoms with Crippen molar-refractivity contribution in [1.82, 2.24) is 19.5 Å². The minimum atomic E-state index is -1.68. The van der Waals surface area contributed by atoms with E-state index >= 15 is 0 Å². The van der Waals surface area contributed by atoms with Gasteiger partial charge in [0.1, 0.15) is 33.6 Å². The number of anilines is 3. The van der Waals surface area contributed by atoms with E-state index in [2.05, 4.69) is 36.4 Å². The topological polar surface area (TPSA) is 118 Å². The van der Waals surface area contributed by atoms with Crippen LogP contribution in [0.1, 0.15) is 27.6 Å². The summed E-state index contributed by atoms with van der Waals surface area (Å²) in [5.41, 5.74) is 4.38. The average molecular weight is 818 g/mol. The number of piperazine rings is 2. The largest absolute Gasteiger partial charge is 0.368 e. The number of carbonyl (C=O) groups excluding carboxylic acids is 2. The van der Waals surface area contributed by atoms with E-state index in [9.17, 15) is 22.4 Å². The van der Waals surface area contributed by atoms with Gasteiger partial charge in [0.05, 0.1) is 15.5 Å². The number of carbonyl (C=O) groups is 2. The van der Waals surface area contributed by atoms with Crippen molar-refractivity contribution in [3.05, 3.63) is 168 Å². The quantitative estimate of drug-likeness (QED) is 0.167. The molecular formula is C44H44FN7O4S2. The maximum Gasteiger partial charge on any atom is 0.254 e. The number of benzene rings is 4. The minimum Gasteiger partial charge on any atom is -0.368 e. The van der Waals surface area contributed by atoms with Crippen LogP contribution in [-0.4, -0.2) is 87.4 Å². The number of pyridine rings is 1. The number of nitrogens with one attached hydrogen (secondary N) is 2. The molecule has 0 spiro atoms. The van der Waals surface area contributed by atoms with Gasteiger partial charge in [0.15, 0.2) is 0 Å². The first-order chi connectivity index (χ1) is 28.2. The molecule has 2 atom stereocenters. The third-order valence-corrected chi connectivity index (χ3v) is 12.1. The molecule has 2 N–H and O–H groups in total. The Hall–Kier alpha value is -6.12. The highest BCUT2D eigenvalue weighted by Crippen LogP contribution is 2.21. The first kappa shape index (κ1) is 40.1. The molecular weight excluding hydrogens is 774 g/mol. The van der Waals surface area contributed by atoms with Gasteiger partial charge in [-0.1, -0.05) is 48.5 Å². The summed E-state index contributed by atoms with van der Waals surface area (Å²) in [6.07, 6.45) is 5.64. The zero-order valence-electron chi connectivity index (χ0n) is 32.0. The van der Waals surface area contributed by atoms with Crippen molar-refractivity contribution >= 4 is 51.0 Å². The Bertz CT molecular complexity index is 2350. The van der Waals surface area contributed by atoms with Gasteiger partial charge in [0.2, 0.25) is 0 Å². The zero-order valence-corrected chi connectivity index (χ0v) is 33.6. The van der Waals surface area contributed by atoms with E-state index < -0.39 is 27.8 Å². The van der Waals surface area contributed by atoms with Crippen LogP contribution in [0.2, 0.25) is 0 Å². The van der Waals surface area contributed by atoms with E-state index in [1.54, 1.807) is 71.8 Å². The molecule has 0 bridgehead atoms. The van der Waals surface area contributed by atoms with Crippen molar-refractivity contribution in [3.8, 4) is 0 Å². The van der Waals surface area contributed by atoms with Gasteiger partial charge in [-0.05, 0) is 97.4 Å². The van der Waals surface area contributed by atoms with Gasteiger partial charge in [-0.25, -0.2) is 17.8 Å². The summed E-state index contributed by atoms with van der Waals surface area (Å²) in [6.45, 7) is 7.52. The summed E-state index contributed by atoms with van der Waals surface area (Å²) < 4.78 is 44.5. The maximum absolute atomic E-state index is 13.8. The number of hydrogen-bond donors (Lipinski definition) is 2. The van der Waals surface area contributed by atoms with Gasteiger partial charge in [0.25, 0.3) is 11.8 Å². The highest BCUT2D eigenvalue weighted by Gasteiger charge is 2.25. The van der Waals surface area contributed by atoms with E-state index in [4.69, 9.17) is 0 Å². The third kappa shape index (κ3) is 10.1. The monoisotopic (exact) mass is 817 g/mol. The lowest BCUT2D eigenvalue weighted by molar-refractivity contribution is 0.0739. The fourth-order valence-corrected chi connectivity index (χ4v) is 8.55. The Labute approximate surface area is 343 Å². The van der Waals surface area contributed by atoms with E-state index in [1.165, 1.54) is 17.8 Å². The van der Waals surface area contributed by atoms with Crippen LogP contribution in [0, 0.1) is 5.82 Å². The lowest BCUT2D eigenvalue weighted by atomic mass is 10.1. The van der Waals surface area contributed by atoms with Gasteiger partial charge in [-0.3, -0.25) is 14.3 Å².